The number of nitrogens with zero attached hydrogens (tertiary/aromatic N) is 1. The fourth-order valence-electron chi connectivity index (χ4n) is 2.68. The summed E-state index contributed by atoms with van der Waals surface area (Å²) in [5.74, 6) is 0.206. The number of amides is 2. The van der Waals surface area contributed by atoms with E-state index in [0.29, 0.717) is 13.0 Å². The topological polar surface area (TPSA) is 71.1 Å². The van der Waals surface area contributed by atoms with Gasteiger partial charge < -0.3 is 10.6 Å². The van der Waals surface area contributed by atoms with E-state index in [9.17, 15) is 9.59 Å². The van der Waals surface area contributed by atoms with E-state index in [4.69, 9.17) is 0 Å². The smallest absolute Gasteiger partial charge is 0.223 e. The Morgan fingerprint density at radius 1 is 1.29 bits per heavy atom. The molecule has 5 nitrogen and oxygen atoms in total. The Balaban J connectivity index is 1.66. The van der Waals surface area contributed by atoms with Gasteiger partial charge in [-0.3, -0.25) is 14.6 Å². The third-order valence-electron chi connectivity index (χ3n) is 3.96. The number of carbonyl (C=O) groups excluding carboxylic acids is 2. The van der Waals surface area contributed by atoms with E-state index >= 15 is 0 Å². The number of carbonyl (C=O) groups is 2. The molecule has 1 saturated carbocycles. The third kappa shape index (κ3) is 4.85. The summed E-state index contributed by atoms with van der Waals surface area (Å²) in [7, 11) is 0. The Kier molecular flexibility index (Phi) is 5.72. The lowest BCUT2D eigenvalue weighted by atomic mass is 10.1. The predicted octanol–water partition coefficient (Wildman–Crippen LogP) is 1.96. The average Bonchev–Trinajstić information content (AvgIpc) is 3.02. The van der Waals surface area contributed by atoms with Crippen LogP contribution in [0.3, 0.4) is 0 Å². The summed E-state index contributed by atoms with van der Waals surface area (Å²) >= 11 is 0. The molecule has 1 unspecified atom stereocenters. The number of hydrogen-bond donors (Lipinski definition) is 2. The average molecular weight is 289 g/mol. The van der Waals surface area contributed by atoms with E-state index in [1.54, 1.807) is 12.4 Å². The Morgan fingerprint density at radius 2 is 1.95 bits per heavy atom. The molecule has 0 aliphatic heterocycles. The van der Waals surface area contributed by atoms with Crippen molar-refractivity contribution in [3.63, 3.8) is 0 Å². The second kappa shape index (κ2) is 7.76. The van der Waals surface area contributed by atoms with Crippen molar-refractivity contribution in [2.45, 2.75) is 45.1 Å². The second-order valence-electron chi connectivity index (χ2n) is 5.59. The standard InChI is InChI=1S/C16H23N3O2/c1-12(13-6-9-17-10-7-13)19-15(20)8-11-18-16(21)14-4-2-3-5-14/h6-7,9-10,12,14H,2-5,8,11H2,1H3,(H,18,21)(H,19,20). The van der Waals surface area contributed by atoms with Crippen LogP contribution >= 0.6 is 0 Å². The monoisotopic (exact) mass is 289 g/mol. The lowest BCUT2D eigenvalue weighted by Gasteiger charge is -2.15. The summed E-state index contributed by atoms with van der Waals surface area (Å²) in [5.41, 5.74) is 1.02. The Labute approximate surface area is 125 Å². The molecular formula is C16H23N3O2. The van der Waals surface area contributed by atoms with Gasteiger partial charge in [0.05, 0.1) is 6.04 Å². The first-order chi connectivity index (χ1) is 10.2. The summed E-state index contributed by atoms with van der Waals surface area (Å²) in [6.45, 7) is 2.34. The van der Waals surface area contributed by atoms with Crippen molar-refractivity contribution in [3.05, 3.63) is 30.1 Å². The first kappa shape index (κ1) is 15.5. The zero-order valence-corrected chi connectivity index (χ0v) is 12.5. The van der Waals surface area contributed by atoms with Gasteiger partial charge in [-0.2, -0.15) is 0 Å². The molecule has 1 atom stereocenters. The summed E-state index contributed by atoms with van der Waals surface area (Å²) in [4.78, 5) is 27.6. The van der Waals surface area contributed by atoms with Crippen molar-refractivity contribution >= 4 is 11.8 Å². The molecule has 2 N–H and O–H groups in total. The Bertz CT molecular complexity index is 470. The molecule has 114 valence electrons. The second-order valence-corrected chi connectivity index (χ2v) is 5.59. The van der Waals surface area contributed by atoms with Crippen LogP contribution in [0.2, 0.25) is 0 Å². The van der Waals surface area contributed by atoms with E-state index in [0.717, 1.165) is 31.2 Å². The van der Waals surface area contributed by atoms with Crippen molar-refractivity contribution in [1.82, 2.24) is 15.6 Å². The molecule has 1 aliphatic rings. The molecule has 21 heavy (non-hydrogen) atoms. The van der Waals surface area contributed by atoms with Gasteiger partial charge in [0.2, 0.25) is 11.8 Å². The molecule has 0 radical (unpaired) electrons. The highest BCUT2D eigenvalue weighted by Gasteiger charge is 2.22. The minimum atomic E-state index is -0.0500. The first-order valence-electron chi connectivity index (χ1n) is 7.64. The van der Waals surface area contributed by atoms with E-state index in [-0.39, 0.29) is 23.8 Å². The zero-order chi connectivity index (χ0) is 15.1. The van der Waals surface area contributed by atoms with Crippen LogP contribution in [0.1, 0.15) is 50.6 Å². The van der Waals surface area contributed by atoms with Gasteiger partial charge in [0.1, 0.15) is 0 Å². The van der Waals surface area contributed by atoms with Crippen LogP contribution in [-0.2, 0) is 9.59 Å². The molecule has 1 fully saturated rings. The highest BCUT2D eigenvalue weighted by molar-refractivity contribution is 5.80. The van der Waals surface area contributed by atoms with E-state index in [2.05, 4.69) is 15.6 Å². The number of aromatic nitrogens is 1. The van der Waals surface area contributed by atoms with Crippen molar-refractivity contribution in [2.24, 2.45) is 5.92 Å². The number of pyridine rings is 1. The van der Waals surface area contributed by atoms with Crippen molar-refractivity contribution in [2.75, 3.05) is 6.54 Å². The maximum absolute atomic E-state index is 11.9. The quantitative estimate of drug-likeness (QED) is 0.841. The molecule has 1 heterocycles. The minimum absolute atomic E-state index is 0.0500. The maximum Gasteiger partial charge on any atom is 0.223 e. The van der Waals surface area contributed by atoms with E-state index in [1.165, 1.54) is 0 Å². The molecule has 0 spiro atoms. The third-order valence-corrected chi connectivity index (χ3v) is 3.96. The highest BCUT2D eigenvalue weighted by atomic mass is 16.2. The van der Waals surface area contributed by atoms with Crippen LogP contribution in [0.25, 0.3) is 0 Å². The lowest BCUT2D eigenvalue weighted by Crippen LogP contribution is -2.34. The first-order valence-corrected chi connectivity index (χ1v) is 7.64. The molecule has 1 aliphatic carbocycles. The van der Waals surface area contributed by atoms with Gasteiger partial charge in [0.15, 0.2) is 0 Å². The molecule has 1 aromatic heterocycles. The molecule has 1 aromatic rings. The lowest BCUT2D eigenvalue weighted by molar-refractivity contribution is -0.125. The van der Waals surface area contributed by atoms with Crippen LogP contribution in [0.4, 0.5) is 0 Å². The molecule has 2 amide bonds. The van der Waals surface area contributed by atoms with Crippen LogP contribution in [0.15, 0.2) is 24.5 Å². The molecule has 0 saturated heterocycles. The van der Waals surface area contributed by atoms with Crippen LogP contribution < -0.4 is 10.6 Å². The normalized spacial score (nSPS) is 16.4. The van der Waals surface area contributed by atoms with Crippen molar-refractivity contribution in [1.29, 1.82) is 0 Å². The van der Waals surface area contributed by atoms with Crippen LogP contribution in [0, 0.1) is 5.92 Å². The van der Waals surface area contributed by atoms with Crippen LogP contribution in [-0.4, -0.2) is 23.3 Å². The Hall–Kier alpha value is -1.91. The molecule has 5 heteroatoms. The Morgan fingerprint density at radius 3 is 2.62 bits per heavy atom. The maximum atomic E-state index is 11.9. The predicted molar refractivity (Wildman–Crippen MR) is 80.4 cm³/mol. The highest BCUT2D eigenvalue weighted by Crippen LogP contribution is 2.24. The summed E-state index contributed by atoms with van der Waals surface area (Å²) in [6.07, 6.45) is 7.98. The fraction of sp³-hybridized carbons (Fsp3) is 0.562. The SMILES string of the molecule is CC(NC(=O)CCNC(=O)C1CCCC1)c1ccncc1. The number of hydrogen-bond acceptors (Lipinski definition) is 3. The summed E-state index contributed by atoms with van der Waals surface area (Å²) < 4.78 is 0. The van der Waals surface area contributed by atoms with Crippen molar-refractivity contribution < 1.29 is 9.59 Å². The molecule has 0 aromatic carbocycles. The van der Waals surface area contributed by atoms with E-state index < -0.39 is 0 Å². The van der Waals surface area contributed by atoms with Gasteiger partial charge in [-0.05, 0) is 37.5 Å². The van der Waals surface area contributed by atoms with Crippen LogP contribution in [0.5, 0.6) is 0 Å². The van der Waals surface area contributed by atoms with Gasteiger partial charge in [0.25, 0.3) is 0 Å². The molecular weight excluding hydrogens is 266 g/mol. The largest absolute Gasteiger partial charge is 0.355 e. The van der Waals surface area contributed by atoms with Gasteiger partial charge >= 0.3 is 0 Å². The molecule has 2 rings (SSSR count). The van der Waals surface area contributed by atoms with Crippen molar-refractivity contribution in [3.8, 4) is 0 Å². The molecule has 0 bridgehead atoms. The fourth-order valence-corrected chi connectivity index (χ4v) is 2.68. The number of rotatable bonds is 6. The summed E-state index contributed by atoms with van der Waals surface area (Å²) in [5, 5.41) is 5.78. The van der Waals surface area contributed by atoms with Gasteiger partial charge in [-0.1, -0.05) is 12.8 Å². The minimum Gasteiger partial charge on any atom is -0.355 e. The number of nitrogens with one attached hydrogen (secondary N) is 2. The van der Waals surface area contributed by atoms with E-state index in [1.807, 2.05) is 19.1 Å². The summed E-state index contributed by atoms with van der Waals surface area (Å²) in [6, 6.07) is 3.71. The van der Waals surface area contributed by atoms with Gasteiger partial charge in [-0.25, -0.2) is 0 Å². The van der Waals surface area contributed by atoms with Gasteiger partial charge in [0, 0.05) is 31.3 Å². The zero-order valence-electron chi connectivity index (χ0n) is 12.5. The van der Waals surface area contributed by atoms with Gasteiger partial charge in [-0.15, -0.1) is 0 Å².